The van der Waals surface area contributed by atoms with Crippen molar-refractivity contribution < 1.29 is 13.5 Å². The second kappa shape index (κ2) is 8.31. The second-order valence-corrected chi connectivity index (χ2v) is 8.45. The van der Waals surface area contributed by atoms with E-state index in [-0.39, 0.29) is 11.5 Å². The molecular formula is C20H17Cl2NO3S. The molecule has 0 amide bonds. The Balaban J connectivity index is 1.84. The summed E-state index contributed by atoms with van der Waals surface area (Å²) in [6.07, 6.45) is 0.464. The summed E-state index contributed by atoms with van der Waals surface area (Å²) in [6.45, 7) is 0.00488. The van der Waals surface area contributed by atoms with Gasteiger partial charge in [-0.15, -0.1) is 0 Å². The minimum Gasteiger partial charge on any atom is -0.396 e. The third-order valence-electron chi connectivity index (χ3n) is 3.99. The van der Waals surface area contributed by atoms with E-state index in [2.05, 4.69) is 4.72 Å². The van der Waals surface area contributed by atoms with Crippen LogP contribution < -0.4 is 4.72 Å². The largest absolute Gasteiger partial charge is 0.396 e. The molecule has 0 spiro atoms. The highest BCUT2D eigenvalue weighted by molar-refractivity contribution is 7.92. The van der Waals surface area contributed by atoms with Gasteiger partial charge in [-0.3, -0.25) is 4.72 Å². The molecule has 7 heteroatoms. The molecule has 0 fully saturated rings. The Hall–Kier alpha value is -2.05. The SMILES string of the molecule is O=S(=O)(Nc1cccc(CCO)c1)c1ccc(-c2ccc(Cl)cc2Cl)cc1. The Morgan fingerprint density at radius 1 is 0.926 bits per heavy atom. The lowest BCUT2D eigenvalue weighted by Crippen LogP contribution is -2.13. The Morgan fingerprint density at radius 2 is 1.67 bits per heavy atom. The van der Waals surface area contributed by atoms with Crippen LogP contribution in [0.3, 0.4) is 0 Å². The van der Waals surface area contributed by atoms with Crippen LogP contribution in [0.1, 0.15) is 5.56 Å². The molecule has 4 nitrogen and oxygen atoms in total. The van der Waals surface area contributed by atoms with E-state index in [4.69, 9.17) is 28.3 Å². The van der Waals surface area contributed by atoms with E-state index >= 15 is 0 Å². The predicted molar refractivity (Wildman–Crippen MR) is 110 cm³/mol. The lowest BCUT2D eigenvalue weighted by atomic mass is 10.1. The van der Waals surface area contributed by atoms with Crippen molar-refractivity contribution >= 4 is 38.9 Å². The molecule has 2 N–H and O–H groups in total. The van der Waals surface area contributed by atoms with Crippen LogP contribution in [0.15, 0.2) is 71.6 Å². The van der Waals surface area contributed by atoms with Crippen LogP contribution in [0.25, 0.3) is 11.1 Å². The molecule has 0 unspecified atom stereocenters. The number of sulfonamides is 1. The van der Waals surface area contributed by atoms with Crippen molar-refractivity contribution in [2.24, 2.45) is 0 Å². The molecule has 0 saturated carbocycles. The molecule has 3 aromatic rings. The quantitative estimate of drug-likeness (QED) is 0.588. The van der Waals surface area contributed by atoms with Gasteiger partial charge in [0.15, 0.2) is 0 Å². The minimum atomic E-state index is -3.73. The maximum atomic E-state index is 12.6. The summed E-state index contributed by atoms with van der Waals surface area (Å²) in [4.78, 5) is 0.142. The van der Waals surface area contributed by atoms with Gasteiger partial charge in [0.05, 0.1) is 4.90 Å². The monoisotopic (exact) mass is 421 g/mol. The molecule has 0 saturated heterocycles. The molecule has 0 heterocycles. The van der Waals surface area contributed by atoms with Gasteiger partial charge in [0.1, 0.15) is 0 Å². The lowest BCUT2D eigenvalue weighted by Gasteiger charge is -2.11. The van der Waals surface area contributed by atoms with Crippen LogP contribution >= 0.6 is 23.2 Å². The zero-order valence-electron chi connectivity index (χ0n) is 14.2. The number of nitrogens with one attached hydrogen (secondary N) is 1. The van der Waals surface area contributed by atoms with Gasteiger partial charge in [-0.25, -0.2) is 8.42 Å². The highest BCUT2D eigenvalue weighted by atomic mass is 35.5. The number of aliphatic hydroxyl groups excluding tert-OH is 1. The third kappa shape index (κ3) is 4.82. The molecular weight excluding hydrogens is 405 g/mol. The molecule has 3 rings (SSSR count). The van der Waals surface area contributed by atoms with Gasteiger partial charge in [-0.2, -0.15) is 0 Å². The number of halogens is 2. The van der Waals surface area contributed by atoms with E-state index in [1.54, 1.807) is 48.5 Å². The summed E-state index contributed by atoms with van der Waals surface area (Å²) in [6, 6.07) is 18.6. The smallest absolute Gasteiger partial charge is 0.261 e. The van der Waals surface area contributed by atoms with Gasteiger partial charge < -0.3 is 5.11 Å². The second-order valence-electron chi connectivity index (χ2n) is 5.93. The Bertz CT molecular complexity index is 1050. The van der Waals surface area contributed by atoms with Crippen molar-refractivity contribution in [3.8, 4) is 11.1 Å². The molecule has 3 aromatic carbocycles. The normalized spacial score (nSPS) is 11.4. The first-order valence-electron chi connectivity index (χ1n) is 8.17. The van der Waals surface area contributed by atoms with E-state index < -0.39 is 10.0 Å². The number of hydrogen-bond donors (Lipinski definition) is 2. The Morgan fingerprint density at radius 3 is 2.33 bits per heavy atom. The van der Waals surface area contributed by atoms with Gasteiger partial charge in [0, 0.05) is 27.9 Å². The first kappa shape index (κ1) is 19.7. The summed E-state index contributed by atoms with van der Waals surface area (Å²) >= 11 is 12.1. The van der Waals surface area contributed by atoms with Crippen LogP contribution in [-0.2, 0) is 16.4 Å². The van der Waals surface area contributed by atoms with Crippen LogP contribution in [0.4, 0.5) is 5.69 Å². The van der Waals surface area contributed by atoms with Crippen molar-refractivity contribution in [2.75, 3.05) is 11.3 Å². The van der Waals surface area contributed by atoms with Gasteiger partial charge in [-0.1, -0.05) is 53.5 Å². The average Bonchev–Trinajstić information content (AvgIpc) is 2.62. The summed E-state index contributed by atoms with van der Waals surface area (Å²) in [5.74, 6) is 0. The van der Waals surface area contributed by atoms with Gasteiger partial charge >= 0.3 is 0 Å². The highest BCUT2D eigenvalue weighted by Gasteiger charge is 2.15. The maximum absolute atomic E-state index is 12.6. The summed E-state index contributed by atoms with van der Waals surface area (Å²) < 4.78 is 27.8. The Kier molecular flexibility index (Phi) is 6.07. The molecule has 0 aliphatic rings. The molecule has 0 radical (unpaired) electrons. The number of benzene rings is 3. The molecule has 0 atom stereocenters. The summed E-state index contributed by atoms with van der Waals surface area (Å²) in [5, 5.41) is 10.1. The number of rotatable bonds is 6. The zero-order valence-corrected chi connectivity index (χ0v) is 16.5. The van der Waals surface area contributed by atoms with Crippen molar-refractivity contribution in [2.45, 2.75) is 11.3 Å². The van der Waals surface area contributed by atoms with E-state index in [9.17, 15) is 8.42 Å². The van der Waals surface area contributed by atoms with Crippen molar-refractivity contribution in [3.05, 3.63) is 82.3 Å². The first-order chi connectivity index (χ1) is 12.9. The van der Waals surface area contributed by atoms with Crippen molar-refractivity contribution in [1.82, 2.24) is 0 Å². The van der Waals surface area contributed by atoms with E-state index in [0.717, 1.165) is 16.7 Å². The summed E-state index contributed by atoms with van der Waals surface area (Å²) in [7, 11) is -3.73. The minimum absolute atomic E-state index is 0.00488. The molecule has 0 aromatic heterocycles. The Labute approximate surface area is 168 Å². The van der Waals surface area contributed by atoms with E-state index in [0.29, 0.717) is 22.2 Å². The maximum Gasteiger partial charge on any atom is 0.261 e. The van der Waals surface area contributed by atoms with E-state index in [1.807, 2.05) is 6.07 Å². The van der Waals surface area contributed by atoms with Crippen LogP contribution in [0, 0.1) is 0 Å². The zero-order chi connectivity index (χ0) is 19.4. The average molecular weight is 422 g/mol. The lowest BCUT2D eigenvalue weighted by molar-refractivity contribution is 0.299. The van der Waals surface area contributed by atoms with Crippen LogP contribution in [0.5, 0.6) is 0 Å². The van der Waals surface area contributed by atoms with Crippen LogP contribution in [-0.4, -0.2) is 20.1 Å². The third-order valence-corrected chi connectivity index (χ3v) is 5.93. The fourth-order valence-corrected chi connectivity index (χ4v) is 4.24. The molecule has 0 bridgehead atoms. The number of anilines is 1. The predicted octanol–water partition coefficient (Wildman–Crippen LogP) is 5.00. The van der Waals surface area contributed by atoms with E-state index in [1.165, 1.54) is 12.1 Å². The molecule has 140 valence electrons. The van der Waals surface area contributed by atoms with Gasteiger partial charge in [0.25, 0.3) is 10.0 Å². The first-order valence-corrected chi connectivity index (χ1v) is 10.4. The fraction of sp³-hybridized carbons (Fsp3) is 0.100. The van der Waals surface area contributed by atoms with Crippen LogP contribution in [0.2, 0.25) is 10.0 Å². The van der Waals surface area contributed by atoms with Crippen molar-refractivity contribution in [3.63, 3.8) is 0 Å². The van der Waals surface area contributed by atoms with Gasteiger partial charge in [-0.05, 0) is 53.9 Å². The fourth-order valence-electron chi connectivity index (χ4n) is 2.67. The number of hydrogen-bond acceptors (Lipinski definition) is 3. The number of aliphatic hydroxyl groups is 1. The molecule has 0 aliphatic carbocycles. The summed E-state index contributed by atoms with van der Waals surface area (Å²) in [5.41, 5.74) is 2.87. The standard InChI is InChI=1S/C20H17Cl2NO3S/c21-16-6-9-19(20(22)13-16)15-4-7-18(8-5-15)27(25,26)23-17-3-1-2-14(12-17)10-11-24/h1-9,12-13,23-24H,10-11H2. The topological polar surface area (TPSA) is 66.4 Å². The highest BCUT2D eigenvalue weighted by Crippen LogP contribution is 2.31. The molecule has 0 aliphatic heterocycles. The van der Waals surface area contributed by atoms with Gasteiger partial charge in [0.2, 0.25) is 0 Å². The van der Waals surface area contributed by atoms with Crippen molar-refractivity contribution in [1.29, 1.82) is 0 Å². The molecule has 27 heavy (non-hydrogen) atoms.